The summed E-state index contributed by atoms with van der Waals surface area (Å²) in [7, 11) is 1.62. The maximum absolute atomic E-state index is 12.9. The summed E-state index contributed by atoms with van der Waals surface area (Å²) in [6.45, 7) is 2.88. The fraction of sp³-hybridized carbons (Fsp3) is 0.409. The minimum absolute atomic E-state index is 0.0875. The van der Waals surface area contributed by atoms with Gasteiger partial charge in [0.1, 0.15) is 5.75 Å². The molecule has 148 valence electrons. The van der Waals surface area contributed by atoms with Crippen molar-refractivity contribution in [3.8, 4) is 5.75 Å². The molecule has 0 bridgehead atoms. The molecule has 3 rings (SSSR count). The van der Waals surface area contributed by atoms with E-state index in [-0.39, 0.29) is 23.8 Å². The zero-order chi connectivity index (χ0) is 19.9. The first-order valence-corrected chi connectivity index (χ1v) is 9.65. The van der Waals surface area contributed by atoms with E-state index < -0.39 is 0 Å². The Hall–Kier alpha value is -2.89. The molecule has 0 spiro atoms. The number of nitrogens with zero attached hydrogens (tertiary/aromatic N) is 2. The van der Waals surface area contributed by atoms with Crippen LogP contribution in [0.15, 0.2) is 48.7 Å². The van der Waals surface area contributed by atoms with Gasteiger partial charge in [-0.1, -0.05) is 18.2 Å². The smallest absolute Gasteiger partial charge is 0.227 e. The second-order valence-electron chi connectivity index (χ2n) is 7.20. The van der Waals surface area contributed by atoms with E-state index in [0.717, 1.165) is 36.4 Å². The van der Waals surface area contributed by atoms with Crippen LogP contribution >= 0.6 is 0 Å². The number of piperidine rings is 1. The van der Waals surface area contributed by atoms with Crippen LogP contribution in [0.25, 0.3) is 0 Å². The van der Waals surface area contributed by atoms with Crippen molar-refractivity contribution in [1.29, 1.82) is 0 Å². The second kappa shape index (κ2) is 9.35. The number of carbonyl (C=O) groups is 2. The molecule has 1 aliphatic rings. The molecular formula is C22H27N3O3. The summed E-state index contributed by atoms with van der Waals surface area (Å²) in [5, 5.41) is 3.03. The van der Waals surface area contributed by atoms with Crippen molar-refractivity contribution in [2.24, 2.45) is 5.92 Å². The van der Waals surface area contributed by atoms with Crippen molar-refractivity contribution >= 4 is 11.8 Å². The highest BCUT2D eigenvalue weighted by Gasteiger charge is 2.31. The summed E-state index contributed by atoms with van der Waals surface area (Å²) in [5.74, 6) is 0.903. The minimum Gasteiger partial charge on any atom is -0.497 e. The Morgan fingerprint density at radius 1 is 1.29 bits per heavy atom. The van der Waals surface area contributed by atoms with Gasteiger partial charge >= 0.3 is 0 Å². The topological polar surface area (TPSA) is 71.5 Å². The highest BCUT2D eigenvalue weighted by atomic mass is 16.5. The molecule has 2 amide bonds. The summed E-state index contributed by atoms with van der Waals surface area (Å²) in [5.41, 5.74) is 1.78. The van der Waals surface area contributed by atoms with E-state index in [0.29, 0.717) is 13.0 Å². The SMILES string of the molecule is COc1cccc(CC(=O)N2CCC[C@H]([C@@H](NC(C)=O)c3ccccn3)C2)c1. The molecule has 1 aromatic carbocycles. The lowest BCUT2D eigenvalue weighted by Crippen LogP contribution is -2.45. The van der Waals surface area contributed by atoms with E-state index >= 15 is 0 Å². The monoisotopic (exact) mass is 381 g/mol. The Kier molecular flexibility index (Phi) is 6.63. The van der Waals surface area contributed by atoms with Gasteiger partial charge in [0.25, 0.3) is 0 Å². The molecule has 1 aromatic heterocycles. The molecular weight excluding hydrogens is 354 g/mol. The molecule has 2 aromatic rings. The lowest BCUT2D eigenvalue weighted by atomic mass is 9.88. The summed E-state index contributed by atoms with van der Waals surface area (Å²) >= 11 is 0. The van der Waals surface area contributed by atoms with E-state index in [4.69, 9.17) is 4.74 Å². The number of benzene rings is 1. The Balaban J connectivity index is 1.70. The molecule has 28 heavy (non-hydrogen) atoms. The van der Waals surface area contributed by atoms with Crippen LogP contribution < -0.4 is 10.1 Å². The molecule has 1 aliphatic heterocycles. The number of methoxy groups -OCH3 is 1. The number of hydrogen-bond donors (Lipinski definition) is 1. The molecule has 2 heterocycles. The van der Waals surface area contributed by atoms with Crippen LogP contribution in [0.4, 0.5) is 0 Å². The summed E-state index contributed by atoms with van der Waals surface area (Å²) in [6.07, 6.45) is 3.94. The molecule has 1 N–H and O–H groups in total. The predicted octanol–water partition coefficient (Wildman–Crippen LogP) is 2.75. The first-order chi connectivity index (χ1) is 13.6. The summed E-state index contributed by atoms with van der Waals surface area (Å²) < 4.78 is 5.24. The molecule has 1 saturated heterocycles. The maximum atomic E-state index is 12.9. The molecule has 6 heteroatoms. The van der Waals surface area contributed by atoms with Crippen molar-refractivity contribution in [3.05, 3.63) is 59.9 Å². The summed E-state index contributed by atoms with van der Waals surface area (Å²) in [6, 6.07) is 13.1. The quantitative estimate of drug-likeness (QED) is 0.835. The van der Waals surface area contributed by atoms with Crippen molar-refractivity contribution in [2.75, 3.05) is 20.2 Å². The second-order valence-corrected chi connectivity index (χ2v) is 7.20. The Labute approximate surface area is 165 Å². The lowest BCUT2D eigenvalue weighted by molar-refractivity contribution is -0.132. The zero-order valence-corrected chi connectivity index (χ0v) is 16.4. The van der Waals surface area contributed by atoms with Crippen molar-refractivity contribution < 1.29 is 14.3 Å². The van der Waals surface area contributed by atoms with E-state index in [1.165, 1.54) is 6.92 Å². The molecule has 1 fully saturated rings. The van der Waals surface area contributed by atoms with Gasteiger partial charge in [-0.3, -0.25) is 14.6 Å². The molecule has 0 unspecified atom stereocenters. The highest BCUT2D eigenvalue weighted by Crippen LogP contribution is 2.29. The van der Waals surface area contributed by atoms with Crippen LogP contribution in [0, 0.1) is 5.92 Å². The van der Waals surface area contributed by atoms with Crippen LogP contribution in [0.3, 0.4) is 0 Å². The third-order valence-electron chi connectivity index (χ3n) is 5.14. The van der Waals surface area contributed by atoms with Crippen LogP contribution in [-0.4, -0.2) is 41.9 Å². The molecule has 6 nitrogen and oxygen atoms in total. The largest absolute Gasteiger partial charge is 0.497 e. The third-order valence-corrected chi connectivity index (χ3v) is 5.14. The lowest BCUT2D eigenvalue weighted by Gasteiger charge is -2.37. The van der Waals surface area contributed by atoms with E-state index in [1.807, 2.05) is 47.4 Å². The Bertz CT molecular complexity index is 810. The number of hydrogen-bond acceptors (Lipinski definition) is 4. The number of likely N-dealkylation sites (tertiary alicyclic amines) is 1. The van der Waals surface area contributed by atoms with Gasteiger partial charge in [0.2, 0.25) is 11.8 Å². The Morgan fingerprint density at radius 2 is 2.14 bits per heavy atom. The third kappa shape index (κ3) is 5.09. The van der Waals surface area contributed by atoms with E-state index in [2.05, 4.69) is 10.3 Å². The normalized spacial score (nSPS) is 17.6. The fourth-order valence-corrected chi connectivity index (χ4v) is 3.79. The Morgan fingerprint density at radius 3 is 2.86 bits per heavy atom. The number of nitrogens with one attached hydrogen (secondary N) is 1. The number of ether oxygens (including phenoxy) is 1. The average Bonchev–Trinajstić information content (AvgIpc) is 2.72. The summed E-state index contributed by atoms with van der Waals surface area (Å²) in [4.78, 5) is 31.0. The van der Waals surface area contributed by atoms with Gasteiger partial charge in [-0.2, -0.15) is 0 Å². The average molecular weight is 381 g/mol. The number of pyridine rings is 1. The van der Waals surface area contributed by atoms with Gasteiger partial charge < -0.3 is 15.0 Å². The van der Waals surface area contributed by atoms with Gasteiger partial charge in [0.15, 0.2) is 0 Å². The van der Waals surface area contributed by atoms with E-state index in [9.17, 15) is 9.59 Å². The number of carbonyl (C=O) groups excluding carboxylic acids is 2. The highest BCUT2D eigenvalue weighted by molar-refractivity contribution is 5.79. The van der Waals surface area contributed by atoms with Gasteiger partial charge in [-0.05, 0) is 42.7 Å². The molecule has 0 saturated carbocycles. The standard InChI is InChI=1S/C22H27N3O3/c1-16(26)24-22(20-10-3-4-11-23-20)18-8-6-12-25(15-18)21(27)14-17-7-5-9-19(13-17)28-2/h3-5,7,9-11,13,18,22H,6,8,12,14-15H2,1-2H3,(H,24,26)/t18-,22+/m0/s1. The van der Waals surface area contributed by atoms with Gasteiger partial charge in [0.05, 0.1) is 25.3 Å². The van der Waals surface area contributed by atoms with Gasteiger partial charge in [-0.15, -0.1) is 0 Å². The molecule has 0 aliphatic carbocycles. The van der Waals surface area contributed by atoms with E-state index in [1.54, 1.807) is 13.3 Å². The predicted molar refractivity (Wildman–Crippen MR) is 107 cm³/mol. The minimum atomic E-state index is -0.189. The van der Waals surface area contributed by atoms with Crippen LogP contribution in [-0.2, 0) is 16.0 Å². The number of rotatable bonds is 6. The molecule has 0 radical (unpaired) electrons. The first kappa shape index (κ1) is 19.9. The van der Waals surface area contributed by atoms with Crippen molar-refractivity contribution in [2.45, 2.75) is 32.2 Å². The first-order valence-electron chi connectivity index (χ1n) is 9.65. The number of aromatic nitrogens is 1. The number of amides is 2. The van der Waals surface area contributed by atoms with Crippen molar-refractivity contribution in [1.82, 2.24) is 15.2 Å². The zero-order valence-electron chi connectivity index (χ0n) is 16.4. The van der Waals surface area contributed by atoms with Crippen LogP contribution in [0.1, 0.15) is 37.1 Å². The molecule has 2 atom stereocenters. The maximum Gasteiger partial charge on any atom is 0.227 e. The van der Waals surface area contributed by atoms with Crippen molar-refractivity contribution in [3.63, 3.8) is 0 Å². The van der Waals surface area contributed by atoms with Gasteiger partial charge in [-0.25, -0.2) is 0 Å². The fourth-order valence-electron chi connectivity index (χ4n) is 3.79. The van der Waals surface area contributed by atoms with Crippen LogP contribution in [0.2, 0.25) is 0 Å². The van der Waals surface area contributed by atoms with Crippen LogP contribution in [0.5, 0.6) is 5.75 Å². The van der Waals surface area contributed by atoms with Gasteiger partial charge in [0, 0.05) is 32.1 Å².